The summed E-state index contributed by atoms with van der Waals surface area (Å²) in [5.41, 5.74) is -0.580. The van der Waals surface area contributed by atoms with E-state index < -0.39 is 35.1 Å². The fourth-order valence-electron chi connectivity index (χ4n) is 2.60. The van der Waals surface area contributed by atoms with Crippen LogP contribution in [0.15, 0.2) is 29.1 Å². The van der Waals surface area contributed by atoms with Crippen molar-refractivity contribution in [2.45, 2.75) is 25.1 Å². The molecule has 9 heteroatoms. The van der Waals surface area contributed by atoms with Gasteiger partial charge in [-0.15, -0.1) is 0 Å². The molecule has 0 radical (unpaired) electrons. The van der Waals surface area contributed by atoms with E-state index in [4.69, 9.17) is 0 Å². The number of aromatic nitrogens is 2. The highest BCUT2D eigenvalue weighted by Crippen LogP contribution is 2.21. The number of halogens is 1. The van der Waals surface area contributed by atoms with Gasteiger partial charge < -0.3 is 25.8 Å². The van der Waals surface area contributed by atoms with Crippen LogP contribution in [0.2, 0.25) is 0 Å². The summed E-state index contributed by atoms with van der Waals surface area (Å²) in [7, 11) is 0. The Hall–Kier alpha value is -2.78. The molecule has 2 atom stereocenters. The van der Waals surface area contributed by atoms with Crippen LogP contribution < -0.4 is 16.2 Å². The van der Waals surface area contributed by atoms with Crippen LogP contribution in [0, 0.1) is 5.82 Å². The highest BCUT2D eigenvalue weighted by Gasteiger charge is 2.27. The van der Waals surface area contributed by atoms with Crippen LogP contribution in [0.1, 0.15) is 34.3 Å². The molecule has 5 N–H and O–H groups in total. The molecule has 1 saturated heterocycles. The summed E-state index contributed by atoms with van der Waals surface area (Å²) in [4.78, 5) is 30.5. The number of β-amino-alcohol motifs (C(OH)–C–C–N with tert-alkyl or cyclic N) is 1. The lowest BCUT2D eigenvalue weighted by Gasteiger charge is -2.12. The number of aromatic amines is 1. The molecule has 1 aliphatic rings. The smallest absolute Gasteiger partial charge is 0.293 e. The van der Waals surface area contributed by atoms with Crippen LogP contribution in [0.5, 0.6) is 5.75 Å². The van der Waals surface area contributed by atoms with Gasteiger partial charge in [0.05, 0.1) is 12.1 Å². The maximum Gasteiger partial charge on any atom is 0.293 e. The van der Waals surface area contributed by atoms with Crippen LogP contribution >= 0.6 is 0 Å². The van der Waals surface area contributed by atoms with Crippen LogP contribution in [0.3, 0.4) is 0 Å². The first kappa shape index (κ1) is 17.1. The third-order valence-electron chi connectivity index (χ3n) is 3.93. The second kappa shape index (κ2) is 6.99. The lowest BCUT2D eigenvalue weighted by atomic mass is 10.2. The van der Waals surface area contributed by atoms with Gasteiger partial charge in [0.15, 0.2) is 5.69 Å². The zero-order valence-corrected chi connectivity index (χ0v) is 13.1. The van der Waals surface area contributed by atoms with E-state index in [-0.39, 0.29) is 18.2 Å². The highest BCUT2D eigenvalue weighted by molar-refractivity contribution is 5.94. The molecule has 1 aromatic heterocycles. The molecular weight excluding hydrogens is 331 g/mol. The largest absolute Gasteiger partial charge is 0.501 e. The number of hydrogen-bond acceptors (Lipinski definition) is 6. The fraction of sp³-hybridized carbons (Fsp3) is 0.312. The Morgan fingerprint density at radius 3 is 2.72 bits per heavy atom. The van der Waals surface area contributed by atoms with E-state index >= 15 is 0 Å². The molecule has 0 bridgehead atoms. The molecule has 8 nitrogen and oxygen atoms in total. The molecule has 1 amide bonds. The molecule has 0 aliphatic carbocycles. The Balaban J connectivity index is 1.78. The molecule has 3 rings (SSSR count). The van der Waals surface area contributed by atoms with Gasteiger partial charge in [-0.05, 0) is 24.1 Å². The van der Waals surface area contributed by atoms with E-state index in [9.17, 15) is 24.2 Å². The van der Waals surface area contributed by atoms with Gasteiger partial charge in [-0.2, -0.15) is 0 Å². The normalized spacial score (nSPS) is 19.8. The number of carbonyl (C=O) groups excluding carboxylic acids is 1. The van der Waals surface area contributed by atoms with Gasteiger partial charge in [-0.1, -0.05) is 12.1 Å². The van der Waals surface area contributed by atoms with E-state index in [2.05, 4.69) is 20.6 Å². The average Bonchev–Trinajstić information content (AvgIpc) is 3.03. The number of nitrogens with one attached hydrogen (secondary N) is 3. The number of hydrogen-bond donors (Lipinski definition) is 5. The molecule has 1 aromatic carbocycles. The summed E-state index contributed by atoms with van der Waals surface area (Å²) in [5, 5.41) is 24.9. The van der Waals surface area contributed by atoms with Crippen molar-refractivity contribution >= 4 is 5.91 Å². The van der Waals surface area contributed by atoms with Crippen LogP contribution in [0.4, 0.5) is 4.39 Å². The molecule has 0 saturated carbocycles. The van der Waals surface area contributed by atoms with Crippen LogP contribution in [0.25, 0.3) is 0 Å². The minimum Gasteiger partial charge on any atom is -0.501 e. The number of benzene rings is 1. The first-order chi connectivity index (χ1) is 11.9. The summed E-state index contributed by atoms with van der Waals surface area (Å²) in [6.45, 7) is 0.435. The van der Waals surface area contributed by atoms with Crippen LogP contribution in [-0.4, -0.2) is 38.7 Å². The van der Waals surface area contributed by atoms with Crippen molar-refractivity contribution in [2.24, 2.45) is 0 Å². The molecule has 0 spiro atoms. The number of aromatic hydroxyl groups is 1. The highest BCUT2D eigenvalue weighted by atomic mass is 19.1. The van der Waals surface area contributed by atoms with Crippen molar-refractivity contribution in [3.63, 3.8) is 0 Å². The van der Waals surface area contributed by atoms with Gasteiger partial charge in [-0.25, -0.2) is 9.37 Å². The molecule has 2 unspecified atom stereocenters. The van der Waals surface area contributed by atoms with Crippen molar-refractivity contribution in [1.29, 1.82) is 0 Å². The second-order valence-electron chi connectivity index (χ2n) is 5.81. The lowest BCUT2D eigenvalue weighted by molar-refractivity contribution is 0.0942. The maximum absolute atomic E-state index is 12.9. The summed E-state index contributed by atoms with van der Waals surface area (Å²) >= 11 is 0. The molecular formula is C16H17FN4O4. The SMILES string of the molecule is O=C(NCc1ccc(F)cc1)c1nc(C2CC(O)CN2)[nH]c(=O)c1O. The summed E-state index contributed by atoms with van der Waals surface area (Å²) in [6.07, 6.45) is -0.232. The molecule has 2 heterocycles. The fourth-order valence-corrected chi connectivity index (χ4v) is 2.60. The number of rotatable bonds is 4. The molecule has 2 aromatic rings. The molecule has 1 fully saturated rings. The maximum atomic E-state index is 12.9. The van der Waals surface area contributed by atoms with E-state index in [0.717, 1.165) is 0 Å². The Morgan fingerprint density at radius 2 is 2.08 bits per heavy atom. The molecule has 1 aliphatic heterocycles. The first-order valence-corrected chi connectivity index (χ1v) is 7.71. The minimum absolute atomic E-state index is 0.0861. The second-order valence-corrected chi connectivity index (χ2v) is 5.81. The predicted molar refractivity (Wildman–Crippen MR) is 85.5 cm³/mol. The topological polar surface area (TPSA) is 127 Å². The summed E-state index contributed by atoms with van der Waals surface area (Å²) in [5.74, 6) is -1.72. The van der Waals surface area contributed by atoms with E-state index in [1.165, 1.54) is 24.3 Å². The van der Waals surface area contributed by atoms with Crippen molar-refractivity contribution in [1.82, 2.24) is 20.6 Å². The molecule has 132 valence electrons. The molecule has 25 heavy (non-hydrogen) atoms. The third kappa shape index (κ3) is 3.83. The van der Waals surface area contributed by atoms with E-state index in [0.29, 0.717) is 18.5 Å². The third-order valence-corrected chi connectivity index (χ3v) is 3.93. The van der Waals surface area contributed by atoms with Crippen molar-refractivity contribution < 1.29 is 19.4 Å². The predicted octanol–water partition coefficient (Wildman–Crippen LogP) is -0.0601. The Morgan fingerprint density at radius 1 is 1.36 bits per heavy atom. The van der Waals surface area contributed by atoms with Crippen molar-refractivity contribution in [3.05, 3.63) is 57.5 Å². The van der Waals surface area contributed by atoms with E-state index in [1.54, 1.807) is 0 Å². The number of amides is 1. The van der Waals surface area contributed by atoms with E-state index in [1.807, 2.05) is 0 Å². The van der Waals surface area contributed by atoms with Gasteiger partial charge in [0.2, 0.25) is 5.75 Å². The van der Waals surface area contributed by atoms with Crippen LogP contribution in [-0.2, 0) is 6.54 Å². The van der Waals surface area contributed by atoms with Crippen molar-refractivity contribution in [2.75, 3.05) is 6.54 Å². The number of carbonyl (C=O) groups is 1. The quantitative estimate of drug-likeness (QED) is 0.527. The van der Waals surface area contributed by atoms with Crippen molar-refractivity contribution in [3.8, 4) is 5.75 Å². The average molecular weight is 348 g/mol. The summed E-state index contributed by atoms with van der Waals surface area (Å²) in [6, 6.07) is 5.14. The Labute approximate surface area is 141 Å². The number of nitrogens with zero attached hydrogens (tertiary/aromatic N) is 1. The minimum atomic E-state index is -0.833. The Kier molecular flexibility index (Phi) is 4.77. The first-order valence-electron chi connectivity index (χ1n) is 7.71. The number of aliphatic hydroxyl groups is 1. The lowest BCUT2D eigenvalue weighted by Crippen LogP contribution is -2.28. The zero-order valence-electron chi connectivity index (χ0n) is 13.1. The van der Waals surface area contributed by atoms with Gasteiger partial charge in [0.25, 0.3) is 11.5 Å². The number of H-pyrrole nitrogens is 1. The van der Waals surface area contributed by atoms with Gasteiger partial charge in [-0.3, -0.25) is 9.59 Å². The standard InChI is InChI=1S/C16H17FN4O4/c17-9-3-1-8(2-4-9)6-19-15(24)12-13(23)16(25)21-14(20-12)11-5-10(22)7-18-11/h1-4,10-11,18,22-23H,5-7H2,(H,19,24)(H,20,21,25). The summed E-state index contributed by atoms with van der Waals surface area (Å²) < 4.78 is 12.9. The number of aliphatic hydroxyl groups excluding tert-OH is 1. The van der Waals surface area contributed by atoms with Gasteiger partial charge in [0.1, 0.15) is 11.6 Å². The Bertz CT molecular complexity index is 837. The zero-order chi connectivity index (χ0) is 18.0. The van der Waals surface area contributed by atoms with Gasteiger partial charge in [0, 0.05) is 13.1 Å². The monoisotopic (exact) mass is 348 g/mol. The van der Waals surface area contributed by atoms with Gasteiger partial charge >= 0.3 is 0 Å².